The molecule has 0 saturated heterocycles. The molecule has 2 rings (SSSR count). The number of benzene rings is 2. The van der Waals surface area contributed by atoms with E-state index in [2.05, 4.69) is 0 Å². The zero-order valence-electron chi connectivity index (χ0n) is 9.28. The van der Waals surface area contributed by atoms with E-state index in [1.165, 1.54) is 12.1 Å². The van der Waals surface area contributed by atoms with E-state index >= 15 is 0 Å². The van der Waals surface area contributed by atoms with Crippen LogP contribution in [0.25, 0.3) is 11.1 Å². The molecule has 0 bridgehead atoms. The Kier molecular flexibility index (Phi) is 2.97. The summed E-state index contributed by atoms with van der Waals surface area (Å²) in [5.74, 6) is -1.06. The van der Waals surface area contributed by atoms with Crippen molar-refractivity contribution in [3.63, 3.8) is 0 Å². The molecule has 2 aromatic carbocycles. The summed E-state index contributed by atoms with van der Waals surface area (Å²) in [5, 5.41) is 36.8. The van der Waals surface area contributed by atoms with Crippen LogP contribution in [-0.4, -0.2) is 20.6 Å². The van der Waals surface area contributed by atoms with Gasteiger partial charge in [-0.1, -0.05) is 12.1 Å². The van der Waals surface area contributed by atoms with Crippen LogP contribution in [0, 0.1) is 0 Å². The van der Waals surface area contributed by atoms with Crippen LogP contribution in [0.15, 0.2) is 36.4 Å². The molecule has 94 valence electrons. The molecule has 6 heteroatoms. The van der Waals surface area contributed by atoms with Gasteiger partial charge in [0.25, 0.3) is 0 Å². The number of aromatic hydroxyl groups is 2. The van der Waals surface area contributed by atoms with Crippen LogP contribution in [-0.2, 0) is 0 Å². The zero-order chi connectivity index (χ0) is 13.3. The molecule has 0 fully saturated rings. The molecule has 2 aromatic rings. The molecule has 0 amide bonds. The van der Waals surface area contributed by atoms with Gasteiger partial charge >= 0.3 is 0 Å². The number of phenolic OH excluding ortho intramolecular Hbond substituents is 2. The third-order valence-electron chi connectivity index (χ3n) is 2.57. The third kappa shape index (κ3) is 2.02. The first-order chi connectivity index (χ1) is 8.50. The van der Waals surface area contributed by atoms with Crippen molar-refractivity contribution in [1.29, 1.82) is 0 Å². The van der Waals surface area contributed by atoms with Crippen LogP contribution in [0.4, 0.5) is 11.4 Å². The quantitative estimate of drug-likeness (QED) is 0.315. The first-order valence-corrected chi connectivity index (χ1v) is 5.09. The molecule has 6 nitrogen and oxygen atoms in total. The summed E-state index contributed by atoms with van der Waals surface area (Å²) >= 11 is 0. The minimum atomic E-state index is -0.616. The number of nitrogens with zero attached hydrogens (tertiary/aromatic N) is 1. The maximum Gasteiger partial charge on any atom is 0.187 e. The van der Waals surface area contributed by atoms with E-state index < -0.39 is 11.5 Å². The van der Waals surface area contributed by atoms with Crippen molar-refractivity contribution in [2.24, 2.45) is 0 Å². The van der Waals surface area contributed by atoms with Gasteiger partial charge in [-0.25, -0.2) is 0 Å². The molecular formula is C12H12N2O4. The van der Waals surface area contributed by atoms with E-state index in [9.17, 15) is 10.2 Å². The van der Waals surface area contributed by atoms with Crippen LogP contribution in [0.1, 0.15) is 0 Å². The van der Waals surface area contributed by atoms with E-state index in [0.717, 1.165) is 0 Å². The van der Waals surface area contributed by atoms with Gasteiger partial charge in [-0.3, -0.25) is 10.4 Å². The average Bonchev–Trinajstić information content (AvgIpc) is 2.33. The number of rotatable bonds is 2. The SMILES string of the molecule is Nc1ccc(-c2ccc(N(O)O)c(O)c2O)cc1. The monoisotopic (exact) mass is 248 g/mol. The van der Waals surface area contributed by atoms with Crippen molar-refractivity contribution in [3.05, 3.63) is 36.4 Å². The highest BCUT2D eigenvalue weighted by Gasteiger charge is 2.15. The predicted molar refractivity (Wildman–Crippen MR) is 65.7 cm³/mol. The van der Waals surface area contributed by atoms with Crippen molar-refractivity contribution in [1.82, 2.24) is 0 Å². The number of hydrogen-bond donors (Lipinski definition) is 5. The largest absolute Gasteiger partial charge is 0.504 e. The Morgan fingerprint density at radius 1 is 0.833 bits per heavy atom. The predicted octanol–water partition coefficient (Wildman–Crippen LogP) is 1.93. The van der Waals surface area contributed by atoms with Crippen molar-refractivity contribution in [2.45, 2.75) is 0 Å². The molecular weight excluding hydrogens is 236 g/mol. The van der Waals surface area contributed by atoms with Gasteiger partial charge in [0.15, 0.2) is 11.5 Å². The van der Waals surface area contributed by atoms with Gasteiger partial charge in [-0.15, -0.1) is 5.23 Å². The first kappa shape index (κ1) is 12.0. The fraction of sp³-hybridized carbons (Fsp3) is 0. The highest BCUT2D eigenvalue weighted by molar-refractivity contribution is 5.79. The molecule has 6 N–H and O–H groups in total. The molecule has 0 heterocycles. The molecule has 18 heavy (non-hydrogen) atoms. The zero-order valence-corrected chi connectivity index (χ0v) is 9.28. The van der Waals surface area contributed by atoms with E-state index in [-0.39, 0.29) is 10.9 Å². The topological polar surface area (TPSA) is 110 Å². The average molecular weight is 248 g/mol. The number of anilines is 2. The second kappa shape index (κ2) is 4.44. The summed E-state index contributed by atoms with van der Waals surface area (Å²) in [6, 6.07) is 9.39. The third-order valence-corrected chi connectivity index (χ3v) is 2.57. The Hall–Kier alpha value is -2.44. The Labute approximate surface area is 103 Å². The fourth-order valence-electron chi connectivity index (χ4n) is 1.63. The summed E-state index contributed by atoms with van der Waals surface area (Å²) in [5.41, 5.74) is 6.82. The van der Waals surface area contributed by atoms with Crippen molar-refractivity contribution in [3.8, 4) is 22.6 Å². The summed E-state index contributed by atoms with van der Waals surface area (Å²) in [4.78, 5) is 0. The molecule has 0 unspecified atom stereocenters. The minimum absolute atomic E-state index is 0.262. The number of nitrogen functional groups attached to an aromatic ring is 1. The summed E-state index contributed by atoms with van der Waals surface area (Å²) in [7, 11) is 0. The van der Waals surface area contributed by atoms with Gasteiger partial charge in [0, 0.05) is 11.3 Å². The van der Waals surface area contributed by atoms with Crippen molar-refractivity contribution < 1.29 is 20.6 Å². The first-order valence-electron chi connectivity index (χ1n) is 5.09. The lowest BCUT2D eigenvalue weighted by atomic mass is 10.0. The second-order valence-electron chi connectivity index (χ2n) is 3.74. The van der Waals surface area contributed by atoms with E-state index in [4.69, 9.17) is 16.1 Å². The van der Waals surface area contributed by atoms with Gasteiger partial charge in [0.2, 0.25) is 0 Å². The molecule has 0 aliphatic carbocycles. The number of nitrogens with two attached hydrogens (primary N) is 1. The molecule has 0 saturated carbocycles. The molecule has 0 spiro atoms. The van der Waals surface area contributed by atoms with Crippen LogP contribution in [0.5, 0.6) is 11.5 Å². The Bertz CT molecular complexity index is 567. The van der Waals surface area contributed by atoms with Gasteiger partial charge in [-0.05, 0) is 29.8 Å². The number of phenols is 2. The lowest BCUT2D eigenvalue weighted by Gasteiger charge is -2.13. The maximum absolute atomic E-state index is 9.82. The lowest BCUT2D eigenvalue weighted by Crippen LogP contribution is -2.11. The van der Waals surface area contributed by atoms with Crippen LogP contribution in [0.2, 0.25) is 0 Å². The van der Waals surface area contributed by atoms with E-state index in [1.54, 1.807) is 24.3 Å². The summed E-state index contributed by atoms with van der Waals surface area (Å²) < 4.78 is 0. The molecule has 0 aromatic heterocycles. The maximum atomic E-state index is 9.82. The van der Waals surface area contributed by atoms with Crippen molar-refractivity contribution in [2.75, 3.05) is 11.0 Å². The number of hydrogen-bond acceptors (Lipinski definition) is 6. The van der Waals surface area contributed by atoms with Gasteiger partial charge in [0.1, 0.15) is 5.69 Å². The minimum Gasteiger partial charge on any atom is -0.504 e. The second-order valence-corrected chi connectivity index (χ2v) is 3.74. The Balaban J connectivity index is 2.53. The van der Waals surface area contributed by atoms with E-state index in [0.29, 0.717) is 16.8 Å². The van der Waals surface area contributed by atoms with Crippen LogP contribution < -0.4 is 11.0 Å². The smallest absolute Gasteiger partial charge is 0.187 e. The normalized spacial score (nSPS) is 10.3. The molecule has 0 atom stereocenters. The summed E-state index contributed by atoms with van der Waals surface area (Å²) in [6.45, 7) is 0. The van der Waals surface area contributed by atoms with Gasteiger partial charge in [0.05, 0.1) is 0 Å². The lowest BCUT2D eigenvalue weighted by molar-refractivity contribution is 0.0278. The fourth-order valence-corrected chi connectivity index (χ4v) is 1.63. The Morgan fingerprint density at radius 2 is 1.44 bits per heavy atom. The van der Waals surface area contributed by atoms with Crippen LogP contribution in [0.3, 0.4) is 0 Å². The summed E-state index contributed by atoms with van der Waals surface area (Å²) in [6.07, 6.45) is 0. The molecule has 0 aliphatic heterocycles. The van der Waals surface area contributed by atoms with Gasteiger partial charge < -0.3 is 15.9 Å². The molecule has 0 radical (unpaired) electrons. The van der Waals surface area contributed by atoms with Crippen molar-refractivity contribution >= 4 is 11.4 Å². The standard InChI is InChI=1S/C12H12N2O4/c13-8-3-1-7(2-4-8)9-5-6-10(14(17)18)12(16)11(9)15/h1-6,15-18H,13H2. The molecule has 0 aliphatic rings. The highest BCUT2D eigenvalue weighted by atomic mass is 16.8. The Morgan fingerprint density at radius 3 is 2.00 bits per heavy atom. The van der Waals surface area contributed by atoms with Crippen LogP contribution >= 0.6 is 0 Å². The highest BCUT2D eigenvalue weighted by Crippen LogP contribution is 2.42. The van der Waals surface area contributed by atoms with Gasteiger partial charge in [-0.2, -0.15) is 0 Å². The van der Waals surface area contributed by atoms with E-state index in [1.807, 2.05) is 0 Å².